The smallest absolute Gasteiger partial charge is 0.321 e. The van der Waals surface area contributed by atoms with E-state index >= 15 is 0 Å². The minimum absolute atomic E-state index is 0.158. The molecule has 0 aromatic rings. The quantitative estimate of drug-likeness (QED) is 0.840. The van der Waals surface area contributed by atoms with Gasteiger partial charge in [0.05, 0.1) is 6.04 Å². The Labute approximate surface area is 139 Å². The van der Waals surface area contributed by atoms with Crippen LogP contribution in [-0.4, -0.2) is 42.0 Å². The lowest BCUT2D eigenvalue weighted by molar-refractivity contribution is -0.126. The number of carbonyl (C=O) groups excluding carboxylic acids is 2. The van der Waals surface area contributed by atoms with E-state index in [1.54, 1.807) is 0 Å². The van der Waals surface area contributed by atoms with E-state index in [0.717, 1.165) is 37.8 Å². The molecule has 3 fully saturated rings. The first-order valence-electron chi connectivity index (χ1n) is 9.49. The molecule has 5 nitrogen and oxygen atoms in total. The van der Waals surface area contributed by atoms with Crippen molar-refractivity contribution in [3.63, 3.8) is 0 Å². The average Bonchev–Trinajstić information content (AvgIpc) is 3.06. The van der Waals surface area contributed by atoms with Crippen molar-refractivity contribution >= 4 is 11.9 Å². The molecule has 0 radical (unpaired) electrons. The number of hydrogen-bond acceptors (Lipinski definition) is 3. The lowest BCUT2D eigenvalue weighted by Crippen LogP contribution is -2.54. The summed E-state index contributed by atoms with van der Waals surface area (Å²) in [6.07, 6.45) is 11.0. The minimum Gasteiger partial charge on any atom is -0.335 e. The van der Waals surface area contributed by atoms with E-state index in [4.69, 9.17) is 0 Å². The third kappa shape index (κ3) is 4.25. The number of fused-ring (bicyclic) bond motifs is 1. The largest absolute Gasteiger partial charge is 0.335 e. The zero-order chi connectivity index (χ0) is 16.2. The molecule has 1 aliphatic heterocycles. The van der Waals surface area contributed by atoms with Gasteiger partial charge in [-0.25, -0.2) is 4.79 Å². The summed E-state index contributed by atoms with van der Waals surface area (Å²) in [6, 6.07) is -0.287. The normalized spacial score (nSPS) is 30.5. The molecule has 23 heavy (non-hydrogen) atoms. The van der Waals surface area contributed by atoms with Crippen LogP contribution in [0.3, 0.4) is 0 Å². The fourth-order valence-electron chi connectivity index (χ4n) is 4.65. The number of rotatable bonds is 3. The van der Waals surface area contributed by atoms with Crippen molar-refractivity contribution < 1.29 is 9.59 Å². The SMILES string of the molecule is C[C@H](C(=O)NC(=O)NC1CCCC1)N1CC[C@H]2CCCC[C@@H]2C1. The molecule has 0 unspecified atom stereocenters. The van der Waals surface area contributed by atoms with E-state index in [0.29, 0.717) is 0 Å². The molecule has 5 heteroatoms. The highest BCUT2D eigenvalue weighted by molar-refractivity contribution is 5.96. The first kappa shape index (κ1) is 16.7. The molecule has 0 aromatic carbocycles. The van der Waals surface area contributed by atoms with E-state index < -0.39 is 0 Å². The molecule has 2 aliphatic carbocycles. The van der Waals surface area contributed by atoms with Crippen molar-refractivity contribution in [3.8, 4) is 0 Å². The summed E-state index contributed by atoms with van der Waals surface area (Å²) in [7, 11) is 0. The topological polar surface area (TPSA) is 61.4 Å². The summed E-state index contributed by atoms with van der Waals surface area (Å²) in [5.41, 5.74) is 0. The first-order chi connectivity index (χ1) is 11.1. The number of hydrogen-bond donors (Lipinski definition) is 2. The summed E-state index contributed by atoms with van der Waals surface area (Å²) in [4.78, 5) is 26.6. The van der Waals surface area contributed by atoms with E-state index in [1.165, 1.54) is 44.9 Å². The molecule has 0 bridgehead atoms. The molecule has 1 heterocycles. The standard InChI is InChI=1S/C18H31N3O2/c1-13(17(22)20-18(23)19-16-8-4-5-9-16)21-11-10-14-6-2-3-7-15(14)12-21/h13-16H,2-12H2,1H3,(H2,19,20,22,23)/t13-,14-,15-/m1/s1. The molecule has 3 atom stereocenters. The van der Waals surface area contributed by atoms with E-state index in [1.807, 2.05) is 6.92 Å². The Morgan fingerprint density at radius 1 is 0.957 bits per heavy atom. The highest BCUT2D eigenvalue weighted by Gasteiger charge is 2.34. The maximum Gasteiger partial charge on any atom is 0.321 e. The van der Waals surface area contributed by atoms with Gasteiger partial charge in [-0.05, 0) is 51.0 Å². The fraction of sp³-hybridized carbons (Fsp3) is 0.889. The number of nitrogens with one attached hydrogen (secondary N) is 2. The maximum absolute atomic E-state index is 12.4. The predicted molar refractivity (Wildman–Crippen MR) is 90.0 cm³/mol. The molecule has 2 N–H and O–H groups in total. The van der Waals surface area contributed by atoms with Crippen LogP contribution in [0, 0.1) is 11.8 Å². The fourth-order valence-corrected chi connectivity index (χ4v) is 4.65. The van der Waals surface area contributed by atoms with Crippen LogP contribution in [0.4, 0.5) is 4.79 Å². The van der Waals surface area contributed by atoms with Crippen molar-refractivity contribution in [1.82, 2.24) is 15.5 Å². The van der Waals surface area contributed by atoms with Crippen molar-refractivity contribution in [2.75, 3.05) is 13.1 Å². The summed E-state index contributed by atoms with van der Waals surface area (Å²) in [5, 5.41) is 5.47. The Balaban J connectivity index is 1.45. The van der Waals surface area contributed by atoms with Crippen LogP contribution >= 0.6 is 0 Å². The molecule has 3 aliphatic rings. The molecule has 1 saturated heterocycles. The van der Waals surface area contributed by atoms with Crippen molar-refractivity contribution in [2.24, 2.45) is 11.8 Å². The van der Waals surface area contributed by atoms with Crippen molar-refractivity contribution in [1.29, 1.82) is 0 Å². The van der Waals surface area contributed by atoms with Gasteiger partial charge in [-0.15, -0.1) is 0 Å². The van der Waals surface area contributed by atoms with E-state index in [9.17, 15) is 9.59 Å². The summed E-state index contributed by atoms with van der Waals surface area (Å²) < 4.78 is 0. The molecular formula is C18H31N3O2. The maximum atomic E-state index is 12.4. The van der Waals surface area contributed by atoms with Crippen LogP contribution in [0.5, 0.6) is 0 Å². The Morgan fingerprint density at radius 2 is 1.61 bits per heavy atom. The van der Waals surface area contributed by atoms with Gasteiger partial charge in [-0.3, -0.25) is 15.0 Å². The lowest BCUT2D eigenvalue weighted by Gasteiger charge is -2.43. The Kier molecular flexibility index (Phi) is 5.57. The number of piperidine rings is 1. The van der Waals surface area contributed by atoms with Gasteiger partial charge in [0.25, 0.3) is 0 Å². The molecular weight excluding hydrogens is 290 g/mol. The lowest BCUT2D eigenvalue weighted by atomic mass is 9.75. The van der Waals surface area contributed by atoms with Crippen LogP contribution in [0.25, 0.3) is 0 Å². The van der Waals surface area contributed by atoms with Crippen LogP contribution in [0.1, 0.15) is 64.7 Å². The van der Waals surface area contributed by atoms with Crippen LogP contribution in [-0.2, 0) is 4.79 Å². The third-order valence-electron chi connectivity index (χ3n) is 6.18. The number of amides is 3. The molecule has 2 saturated carbocycles. The van der Waals surface area contributed by atoms with Crippen LogP contribution < -0.4 is 10.6 Å². The van der Waals surface area contributed by atoms with Gasteiger partial charge >= 0.3 is 6.03 Å². The van der Waals surface area contributed by atoms with Gasteiger partial charge in [0.15, 0.2) is 0 Å². The van der Waals surface area contributed by atoms with Crippen molar-refractivity contribution in [3.05, 3.63) is 0 Å². The van der Waals surface area contributed by atoms with Crippen molar-refractivity contribution in [2.45, 2.75) is 76.8 Å². The summed E-state index contributed by atoms with van der Waals surface area (Å²) in [5.74, 6) is 1.45. The summed E-state index contributed by atoms with van der Waals surface area (Å²) >= 11 is 0. The van der Waals surface area contributed by atoms with E-state index in [2.05, 4.69) is 15.5 Å². The third-order valence-corrected chi connectivity index (χ3v) is 6.18. The Bertz CT molecular complexity index is 434. The Hall–Kier alpha value is -1.10. The highest BCUT2D eigenvalue weighted by Crippen LogP contribution is 2.36. The second-order valence-electron chi connectivity index (χ2n) is 7.71. The van der Waals surface area contributed by atoms with E-state index in [-0.39, 0.29) is 24.0 Å². The van der Waals surface area contributed by atoms with Crippen LogP contribution in [0.15, 0.2) is 0 Å². The molecule has 3 rings (SSSR count). The Morgan fingerprint density at radius 3 is 2.35 bits per heavy atom. The number of likely N-dealkylation sites (tertiary alicyclic amines) is 1. The van der Waals surface area contributed by atoms with Gasteiger partial charge in [-0.2, -0.15) is 0 Å². The first-order valence-corrected chi connectivity index (χ1v) is 9.49. The predicted octanol–water partition coefficient (Wildman–Crippen LogP) is 2.66. The van der Waals surface area contributed by atoms with Crippen LogP contribution in [0.2, 0.25) is 0 Å². The summed E-state index contributed by atoms with van der Waals surface area (Å²) in [6.45, 7) is 3.94. The second kappa shape index (κ2) is 7.65. The number of imide groups is 1. The average molecular weight is 321 g/mol. The number of carbonyl (C=O) groups is 2. The monoisotopic (exact) mass is 321 g/mol. The molecule has 0 aromatic heterocycles. The second-order valence-corrected chi connectivity index (χ2v) is 7.71. The molecule has 0 spiro atoms. The van der Waals surface area contributed by atoms with Gasteiger partial charge in [0.2, 0.25) is 5.91 Å². The van der Waals surface area contributed by atoms with Gasteiger partial charge in [0, 0.05) is 12.6 Å². The number of urea groups is 1. The highest BCUT2D eigenvalue weighted by atomic mass is 16.2. The molecule has 3 amide bonds. The van der Waals surface area contributed by atoms with Gasteiger partial charge < -0.3 is 5.32 Å². The van der Waals surface area contributed by atoms with Gasteiger partial charge in [0.1, 0.15) is 0 Å². The van der Waals surface area contributed by atoms with Gasteiger partial charge in [-0.1, -0.05) is 32.1 Å². The molecule has 130 valence electrons. The minimum atomic E-state index is -0.318. The number of nitrogens with zero attached hydrogens (tertiary/aromatic N) is 1. The zero-order valence-corrected chi connectivity index (χ0v) is 14.4. The zero-order valence-electron chi connectivity index (χ0n) is 14.4.